The third kappa shape index (κ3) is 6.62. The summed E-state index contributed by atoms with van der Waals surface area (Å²) in [4.78, 5) is 0. The molecule has 0 aliphatic rings. The number of rotatable bonds is 6. The van der Waals surface area contributed by atoms with Crippen LogP contribution in [0.15, 0.2) is 0 Å². The van der Waals surface area contributed by atoms with Crippen LogP contribution in [0.1, 0.15) is 41.0 Å². The largest absolute Gasteiger partial charge is 0.302 e. The zero-order chi connectivity index (χ0) is 9.56. The second kappa shape index (κ2) is 6.44. The van der Waals surface area contributed by atoms with Crippen molar-refractivity contribution in [2.75, 3.05) is 6.54 Å². The third-order valence-electron chi connectivity index (χ3n) is 1.98. The van der Waals surface area contributed by atoms with Crippen molar-refractivity contribution < 1.29 is 0 Å². The Morgan fingerprint density at radius 1 is 1.08 bits per heavy atom. The van der Waals surface area contributed by atoms with Crippen LogP contribution < -0.4 is 10.6 Å². The van der Waals surface area contributed by atoms with Gasteiger partial charge in [-0.1, -0.05) is 20.8 Å². The van der Waals surface area contributed by atoms with E-state index in [1.54, 1.807) is 0 Å². The first-order chi connectivity index (χ1) is 5.56. The van der Waals surface area contributed by atoms with Crippen LogP contribution in [0, 0.1) is 5.92 Å². The molecule has 0 heterocycles. The first-order valence-corrected chi connectivity index (χ1v) is 5.05. The maximum Gasteiger partial charge on any atom is 0.0544 e. The zero-order valence-corrected chi connectivity index (χ0v) is 9.15. The molecule has 0 radical (unpaired) electrons. The lowest BCUT2D eigenvalue weighted by molar-refractivity contribution is 0.379. The van der Waals surface area contributed by atoms with Gasteiger partial charge in [0.25, 0.3) is 0 Å². The predicted molar refractivity (Wildman–Crippen MR) is 55.2 cm³/mol. The first-order valence-electron chi connectivity index (χ1n) is 5.05. The number of hydrogen-bond acceptors (Lipinski definition) is 2. The van der Waals surface area contributed by atoms with Crippen molar-refractivity contribution in [2.45, 2.75) is 53.2 Å². The van der Waals surface area contributed by atoms with E-state index in [9.17, 15) is 0 Å². The Morgan fingerprint density at radius 2 is 1.67 bits per heavy atom. The van der Waals surface area contributed by atoms with E-state index >= 15 is 0 Å². The van der Waals surface area contributed by atoms with E-state index in [1.807, 2.05) is 0 Å². The van der Waals surface area contributed by atoms with Crippen LogP contribution >= 0.6 is 0 Å². The van der Waals surface area contributed by atoms with Gasteiger partial charge in [0.2, 0.25) is 0 Å². The second-order valence-corrected chi connectivity index (χ2v) is 4.00. The molecular formula is C10H24N2. The third-order valence-corrected chi connectivity index (χ3v) is 1.98. The molecule has 0 saturated carbocycles. The van der Waals surface area contributed by atoms with Crippen molar-refractivity contribution in [1.82, 2.24) is 10.6 Å². The van der Waals surface area contributed by atoms with Gasteiger partial charge in [0.05, 0.1) is 6.17 Å². The maximum atomic E-state index is 3.47. The lowest BCUT2D eigenvalue weighted by Gasteiger charge is -2.20. The lowest BCUT2D eigenvalue weighted by Crippen LogP contribution is -2.45. The Morgan fingerprint density at radius 3 is 2.08 bits per heavy atom. The van der Waals surface area contributed by atoms with Crippen molar-refractivity contribution in [3.8, 4) is 0 Å². The van der Waals surface area contributed by atoms with Crippen molar-refractivity contribution in [3.05, 3.63) is 0 Å². The molecule has 2 N–H and O–H groups in total. The van der Waals surface area contributed by atoms with Gasteiger partial charge in [0.1, 0.15) is 0 Å². The summed E-state index contributed by atoms with van der Waals surface area (Å²) in [7, 11) is 0. The monoisotopic (exact) mass is 172 g/mol. The molecule has 0 aromatic heterocycles. The van der Waals surface area contributed by atoms with E-state index in [-0.39, 0.29) is 0 Å². The molecule has 2 unspecified atom stereocenters. The normalized spacial score (nSPS) is 16.5. The Bertz CT molecular complexity index is 102. The van der Waals surface area contributed by atoms with E-state index < -0.39 is 0 Å². The standard InChI is InChI=1S/C10H24N2/c1-6-9(4)12-10(5)11-7-8(2)3/h8-12H,6-7H2,1-5H3. The highest BCUT2D eigenvalue weighted by molar-refractivity contribution is 4.64. The summed E-state index contributed by atoms with van der Waals surface area (Å²) in [6.45, 7) is 12.1. The number of nitrogens with one attached hydrogen (secondary N) is 2. The average molecular weight is 172 g/mol. The summed E-state index contributed by atoms with van der Waals surface area (Å²) in [5.41, 5.74) is 0. The molecule has 0 bridgehead atoms. The van der Waals surface area contributed by atoms with Crippen LogP contribution in [0.4, 0.5) is 0 Å². The van der Waals surface area contributed by atoms with E-state index in [0.717, 1.165) is 12.5 Å². The van der Waals surface area contributed by atoms with Gasteiger partial charge in [-0.3, -0.25) is 5.32 Å². The van der Waals surface area contributed by atoms with Crippen molar-refractivity contribution in [2.24, 2.45) is 5.92 Å². The summed E-state index contributed by atoms with van der Waals surface area (Å²) in [6, 6.07) is 0.611. The fraction of sp³-hybridized carbons (Fsp3) is 1.00. The molecule has 2 nitrogen and oxygen atoms in total. The van der Waals surface area contributed by atoms with E-state index in [4.69, 9.17) is 0 Å². The topological polar surface area (TPSA) is 24.1 Å². The minimum atomic E-state index is 0.433. The molecule has 2 atom stereocenters. The highest BCUT2D eigenvalue weighted by Gasteiger charge is 2.04. The Hall–Kier alpha value is -0.0800. The van der Waals surface area contributed by atoms with Gasteiger partial charge in [-0.25, -0.2) is 0 Å². The van der Waals surface area contributed by atoms with Crippen molar-refractivity contribution in [1.29, 1.82) is 0 Å². The van der Waals surface area contributed by atoms with Gasteiger partial charge in [-0.2, -0.15) is 0 Å². The molecule has 0 spiro atoms. The molecule has 0 rings (SSSR count). The molecular weight excluding hydrogens is 148 g/mol. The molecule has 0 aliphatic heterocycles. The highest BCUT2D eigenvalue weighted by Crippen LogP contribution is 1.92. The minimum Gasteiger partial charge on any atom is -0.302 e. The smallest absolute Gasteiger partial charge is 0.0544 e. The molecule has 0 aromatic rings. The maximum absolute atomic E-state index is 3.47. The fourth-order valence-electron chi connectivity index (χ4n) is 1.02. The highest BCUT2D eigenvalue weighted by atomic mass is 15.1. The quantitative estimate of drug-likeness (QED) is 0.599. The molecule has 0 aliphatic carbocycles. The SMILES string of the molecule is CCC(C)NC(C)NCC(C)C. The Kier molecular flexibility index (Phi) is 6.39. The molecule has 12 heavy (non-hydrogen) atoms. The Balaban J connectivity index is 3.39. The summed E-state index contributed by atoms with van der Waals surface area (Å²) in [5.74, 6) is 0.728. The molecule has 2 heteroatoms. The van der Waals surface area contributed by atoms with Crippen LogP contribution in [-0.2, 0) is 0 Å². The van der Waals surface area contributed by atoms with E-state index in [1.165, 1.54) is 6.42 Å². The van der Waals surface area contributed by atoms with Crippen LogP contribution in [-0.4, -0.2) is 18.8 Å². The zero-order valence-electron chi connectivity index (χ0n) is 9.15. The molecule has 0 aromatic carbocycles. The van der Waals surface area contributed by atoms with E-state index in [0.29, 0.717) is 12.2 Å². The molecule has 0 fully saturated rings. The summed E-state index contributed by atoms with van der Waals surface area (Å²) >= 11 is 0. The van der Waals surface area contributed by atoms with Gasteiger partial charge < -0.3 is 5.32 Å². The number of hydrogen-bond donors (Lipinski definition) is 2. The van der Waals surface area contributed by atoms with Gasteiger partial charge in [-0.15, -0.1) is 0 Å². The van der Waals surface area contributed by atoms with Gasteiger partial charge in [0, 0.05) is 6.04 Å². The van der Waals surface area contributed by atoms with Gasteiger partial charge >= 0.3 is 0 Å². The lowest BCUT2D eigenvalue weighted by atomic mass is 10.2. The fourth-order valence-corrected chi connectivity index (χ4v) is 1.02. The van der Waals surface area contributed by atoms with Crippen LogP contribution in [0.2, 0.25) is 0 Å². The van der Waals surface area contributed by atoms with Crippen LogP contribution in [0.5, 0.6) is 0 Å². The van der Waals surface area contributed by atoms with Crippen LogP contribution in [0.25, 0.3) is 0 Å². The van der Waals surface area contributed by atoms with Gasteiger partial charge in [-0.05, 0) is 32.7 Å². The van der Waals surface area contributed by atoms with Crippen molar-refractivity contribution in [3.63, 3.8) is 0 Å². The Labute approximate surface area is 77.1 Å². The molecule has 74 valence electrons. The molecule has 0 amide bonds. The second-order valence-electron chi connectivity index (χ2n) is 4.00. The summed E-state index contributed by atoms with van der Waals surface area (Å²) in [5, 5.41) is 6.91. The van der Waals surface area contributed by atoms with Crippen molar-refractivity contribution >= 4 is 0 Å². The molecule has 0 saturated heterocycles. The predicted octanol–water partition coefficient (Wildman–Crippen LogP) is 1.97. The summed E-state index contributed by atoms with van der Waals surface area (Å²) < 4.78 is 0. The van der Waals surface area contributed by atoms with Crippen LogP contribution in [0.3, 0.4) is 0 Å². The van der Waals surface area contributed by atoms with Gasteiger partial charge in [0.15, 0.2) is 0 Å². The van der Waals surface area contributed by atoms with E-state index in [2.05, 4.69) is 45.3 Å². The summed E-state index contributed by atoms with van der Waals surface area (Å²) in [6.07, 6.45) is 1.62. The minimum absolute atomic E-state index is 0.433. The first kappa shape index (κ1) is 11.9. The average Bonchev–Trinajstić information content (AvgIpc) is 2.00.